The molecule has 1 aliphatic rings. The van der Waals surface area contributed by atoms with Gasteiger partial charge >= 0.3 is 6.03 Å². The number of carbonyl (C=O) groups excluding carboxylic acids is 2. The molecule has 1 aliphatic heterocycles. The molecule has 7 heteroatoms. The Kier molecular flexibility index (Phi) is 6.25. The van der Waals surface area contributed by atoms with Crippen LogP contribution in [0, 0.1) is 0 Å². The van der Waals surface area contributed by atoms with Crippen LogP contribution in [-0.4, -0.2) is 67.7 Å². The van der Waals surface area contributed by atoms with Crippen LogP contribution in [0.15, 0.2) is 24.3 Å². The van der Waals surface area contributed by atoms with E-state index in [2.05, 4.69) is 5.32 Å². The first-order valence-corrected chi connectivity index (χ1v) is 8.31. The summed E-state index contributed by atoms with van der Waals surface area (Å²) in [7, 11) is 3.21. The number of hydrogen-bond acceptors (Lipinski definition) is 4. The molecule has 0 aromatic heterocycles. The molecule has 1 fully saturated rings. The third-order valence-electron chi connectivity index (χ3n) is 4.06. The lowest BCUT2D eigenvalue weighted by molar-refractivity contribution is -0.135. The van der Waals surface area contributed by atoms with Crippen molar-refractivity contribution in [3.8, 4) is 5.75 Å². The van der Waals surface area contributed by atoms with E-state index in [1.807, 2.05) is 38.1 Å². The maximum atomic E-state index is 12.4. The summed E-state index contributed by atoms with van der Waals surface area (Å²) < 4.78 is 10.3. The van der Waals surface area contributed by atoms with Gasteiger partial charge in [-0.05, 0) is 31.5 Å². The molecule has 1 N–H and O–H groups in total. The number of nitrogens with zero attached hydrogens (tertiary/aromatic N) is 2. The Labute approximate surface area is 148 Å². The molecule has 25 heavy (non-hydrogen) atoms. The van der Waals surface area contributed by atoms with E-state index >= 15 is 0 Å². The van der Waals surface area contributed by atoms with Gasteiger partial charge in [-0.2, -0.15) is 0 Å². The average Bonchev–Trinajstić information content (AvgIpc) is 2.56. The van der Waals surface area contributed by atoms with E-state index in [-0.39, 0.29) is 18.5 Å². The summed E-state index contributed by atoms with van der Waals surface area (Å²) in [6.45, 7) is 5.78. The fourth-order valence-corrected chi connectivity index (χ4v) is 2.81. The summed E-state index contributed by atoms with van der Waals surface area (Å²) in [6.07, 6.45) is 0. The molecule has 0 aliphatic carbocycles. The first-order chi connectivity index (χ1) is 11.8. The van der Waals surface area contributed by atoms with Gasteiger partial charge in [-0.25, -0.2) is 4.79 Å². The Hall–Kier alpha value is -2.28. The number of methoxy groups -OCH3 is 2. The molecule has 0 bridgehead atoms. The van der Waals surface area contributed by atoms with Crippen LogP contribution in [0.5, 0.6) is 5.75 Å². The lowest BCUT2D eigenvalue weighted by Crippen LogP contribution is -2.58. The number of benzene rings is 1. The molecule has 138 valence electrons. The van der Waals surface area contributed by atoms with Crippen molar-refractivity contribution in [2.24, 2.45) is 0 Å². The van der Waals surface area contributed by atoms with E-state index < -0.39 is 5.54 Å². The number of hydrogen-bond donors (Lipinski definition) is 1. The number of urea groups is 1. The molecular weight excluding hydrogens is 322 g/mol. The predicted octanol–water partition coefficient (Wildman–Crippen LogP) is 1.47. The van der Waals surface area contributed by atoms with E-state index in [0.29, 0.717) is 26.2 Å². The molecule has 1 heterocycles. The molecule has 1 saturated heterocycles. The highest BCUT2D eigenvalue weighted by molar-refractivity contribution is 5.85. The highest BCUT2D eigenvalue weighted by Gasteiger charge is 2.30. The molecule has 3 amide bonds. The van der Waals surface area contributed by atoms with Gasteiger partial charge in [0.1, 0.15) is 12.3 Å². The van der Waals surface area contributed by atoms with Crippen molar-refractivity contribution < 1.29 is 19.1 Å². The third-order valence-corrected chi connectivity index (χ3v) is 4.06. The minimum absolute atomic E-state index is 0.0613. The number of carbonyl (C=O) groups is 2. The predicted molar refractivity (Wildman–Crippen MR) is 94.5 cm³/mol. The minimum Gasteiger partial charge on any atom is -0.497 e. The fraction of sp³-hybridized carbons (Fsp3) is 0.556. The first-order valence-electron chi connectivity index (χ1n) is 8.31. The third kappa shape index (κ3) is 5.35. The van der Waals surface area contributed by atoms with Gasteiger partial charge in [0, 0.05) is 26.7 Å². The highest BCUT2D eigenvalue weighted by atomic mass is 16.5. The minimum atomic E-state index is -0.480. The standard InChI is InChI=1S/C18H27N3O4/c1-18(2,13-24-3)19-17(23)21-9-8-20(16(22)12-21)11-14-6-5-7-15(10-14)25-4/h5-7,10H,8-9,11-13H2,1-4H3,(H,19,23). The zero-order valence-corrected chi connectivity index (χ0v) is 15.4. The van der Waals surface area contributed by atoms with Crippen molar-refractivity contribution >= 4 is 11.9 Å². The molecule has 7 nitrogen and oxygen atoms in total. The Balaban J connectivity index is 1.91. The summed E-state index contributed by atoms with van der Waals surface area (Å²) in [4.78, 5) is 28.1. The van der Waals surface area contributed by atoms with Crippen LogP contribution in [0.4, 0.5) is 4.79 Å². The van der Waals surface area contributed by atoms with Crippen LogP contribution in [-0.2, 0) is 16.1 Å². The van der Waals surface area contributed by atoms with Crippen molar-refractivity contribution in [3.63, 3.8) is 0 Å². The van der Waals surface area contributed by atoms with Crippen molar-refractivity contribution in [2.45, 2.75) is 25.9 Å². The number of rotatable bonds is 6. The van der Waals surface area contributed by atoms with Gasteiger partial charge < -0.3 is 24.6 Å². The maximum Gasteiger partial charge on any atom is 0.318 e. The van der Waals surface area contributed by atoms with Crippen molar-refractivity contribution in [2.75, 3.05) is 40.5 Å². The van der Waals surface area contributed by atoms with Crippen LogP contribution in [0.1, 0.15) is 19.4 Å². The molecule has 1 aromatic carbocycles. The summed E-state index contributed by atoms with van der Waals surface area (Å²) in [5.74, 6) is 0.706. The lowest BCUT2D eigenvalue weighted by atomic mass is 10.1. The summed E-state index contributed by atoms with van der Waals surface area (Å²) in [5, 5.41) is 2.90. The van der Waals surface area contributed by atoms with Crippen molar-refractivity contribution in [1.82, 2.24) is 15.1 Å². The van der Waals surface area contributed by atoms with E-state index in [4.69, 9.17) is 9.47 Å². The normalized spacial score (nSPS) is 15.3. The van der Waals surface area contributed by atoms with Gasteiger partial charge in [-0.3, -0.25) is 4.79 Å². The Morgan fingerprint density at radius 1 is 1.28 bits per heavy atom. The Bertz CT molecular complexity index is 618. The Morgan fingerprint density at radius 3 is 2.68 bits per heavy atom. The van der Waals surface area contributed by atoms with Gasteiger partial charge in [0.25, 0.3) is 0 Å². The quantitative estimate of drug-likeness (QED) is 0.844. The fourth-order valence-electron chi connectivity index (χ4n) is 2.81. The highest BCUT2D eigenvalue weighted by Crippen LogP contribution is 2.16. The second-order valence-electron chi connectivity index (χ2n) is 6.84. The zero-order valence-electron chi connectivity index (χ0n) is 15.4. The van der Waals surface area contributed by atoms with Gasteiger partial charge in [-0.1, -0.05) is 12.1 Å². The summed E-state index contributed by atoms with van der Waals surface area (Å²) in [5.41, 5.74) is 0.527. The summed E-state index contributed by atoms with van der Waals surface area (Å²) in [6, 6.07) is 7.41. The molecular formula is C18H27N3O4. The van der Waals surface area contributed by atoms with Crippen LogP contribution in [0.25, 0.3) is 0 Å². The molecule has 0 saturated carbocycles. The smallest absolute Gasteiger partial charge is 0.318 e. The van der Waals surface area contributed by atoms with Crippen LogP contribution in [0.3, 0.4) is 0 Å². The molecule has 0 atom stereocenters. The van der Waals surface area contributed by atoms with E-state index in [1.165, 1.54) is 0 Å². The van der Waals surface area contributed by atoms with E-state index in [0.717, 1.165) is 11.3 Å². The van der Waals surface area contributed by atoms with Gasteiger partial charge in [0.15, 0.2) is 0 Å². The molecule has 2 rings (SSSR count). The maximum absolute atomic E-state index is 12.4. The van der Waals surface area contributed by atoms with Crippen molar-refractivity contribution in [3.05, 3.63) is 29.8 Å². The summed E-state index contributed by atoms with van der Waals surface area (Å²) >= 11 is 0. The number of ether oxygens (including phenoxy) is 2. The lowest BCUT2D eigenvalue weighted by Gasteiger charge is -2.36. The molecule has 0 spiro atoms. The van der Waals surface area contributed by atoms with Crippen LogP contribution < -0.4 is 10.1 Å². The van der Waals surface area contributed by atoms with Gasteiger partial charge in [0.2, 0.25) is 5.91 Å². The first kappa shape index (κ1) is 19.1. The monoisotopic (exact) mass is 349 g/mol. The zero-order chi connectivity index (χ0) is 18.4. The molecule has 1 aromatic rings. The number of amides is 3. The SMILES string of the molecule is COCC(C)(C)NC(=O)N1CCN(Cc2cccc(OC)c2)C(=O)C1. The van der Waals surface area contributed by atoms with Gasteiger partial charge in [0.05, 0.1) is 19.3 Å². The van der Waals surface area contributed by atoms with Crippen LogP contribution >= 0.6 is 0 Å². The second kappa shape index (κ2) is 8.20. The topological polar surface area (TPSA) is 71.1 Å². The largest absolute Gasteiger partial charge is 0.497 e. The molecule has 0 unspecified atom stereocenters. The van der Waals surface area contributed by atoms with Crippen LogP contribution in [0.2, 0.25) is 0 Å². The van der Waals surface area contributed by atoms with Crippen molar-refractivity contribution in [1.29, 1.82) is 0 Å². The average molecular weight is 349 g/mol. The number of nitrogens with one attached hydrogen (secondary N) is 1. The second-order valence-corrected chi connectivity index (χ2v) is 6.84. The Morgan fingerprint density at radius 2 is 2.04 bits per heavy atom. The number of piperazine rings is 1. The van der Waals surface area contributed by atoms with Gasteiger partial charge in [-0.15, -0.1) is 0 Å². The van der Waals surface area contributed by atoms with E-state index in [9.17, 15) is 9.59 Å². The molecule has 0 radical (unpaired) electrons. The van der Waals surface area contributed by atoms with E-state index in [1.54, 1.807) is 24.0 Å².